The first-order valence-electron chi connectivity index (χ1n) is 6.72. The maximum Gasteiger partial charge on any atom is 0.407 e. The molecule has 130 valence electrons. The normalized spacial score (nSPS) is 12.0. The van der Waals surface area contributed by atoms with Gasteiger partial charge in [-0.3, -0.25) is 0 Å². The van der Waals surface area contributed by atoms with Crippen LogP contribution in [-0.4, -0.2) is 44.3 Å². The lowest BCUT2D eigenvalue weighted by molar-refractivity contribution is 0.0528. The Balaban J connectivity index is 2.63. The van der Waals surface area contributed by atoms with E-state index in [1.54, 1.807) is 20.8 Å². The molecule has 1 amide bonds. The van der Waals surface area contributed by atoms with E-state index in [4.69, 9.17) is 9.84 Å². The molecule has 1 aromatic rings. The summed E-state index contributed by atoms with van der Waals surface area (Å²) in [7, 11) is -3.97. The fourth-order valence-electron chi connectivity index (χ4n) is 1.65. The third-order valence-electron chi connectivity index (χ3n) is 2.47. The van der Waals surface area contributed by atoms with E-state index in [1.807, 2.05) is 0 Å². The molecule has 23 heavy (non-hydrogen) atoms. The highest BCUT2D eigenvalue weighted by Gasteiger charge is 2.26. The van der Waals surface area contributed by atoms with Crippen molar-refractivity contribution in [2.75, 3.05) is 13.1 Å². The van der Waals surface area contributed by atoms with Crippen LogP contribution in [0.25, 0.3) is 0 Å². The lowest BCUT2D eigenvalue weighted by Gasteiger charge is -2.19. The number of sulfonamides is 1. The number of rotatable bonds is 6. The van der Waals surface area contributed by atoms with Crippen molar-refractivity contribution < 1.29 is 27.9 Å². The third-order valence-corrected chi connectivity index (χ3v) is 5.33. The zero-order valence-electron chi connectivity index (χ0n) is 13.3. The molecule has 0 aromatic carbocycles. The summed E-state index contributed by atoms with van der Waals surface area (Å²) in [5, 5.41) is 12.9. The average molecular weight is 364 g/mol. The second kappa shape index (κ2) is 7.28. The highest BCUT2D eigenvalue weighted by molar-refractivity contribution is 7.89. The number of alkyl carbamates (subject to hydrolysis) is 1. The number of hydrogen-bond acceptors (Lipinski definition) is 6. The number of ether oxygens (including phenoxy) is 1. The number of carbonyl (C=O) groups excluding carboxylic acids is 1. The van der Waals surface area contributed by atoms with Crippen LogP contribution in [0.4, 0.5) is 4.79 Å². The first kappa shape index (κ1) is 19.4. The second-order valence-corrected chi connectivity index (χ2v) is 8.29. The molecular formula is C13H20N2O6S2. The van der Waals surface area contributed by atoms with Gasteiger partial charge in [0, 0.05) is 13.1 Å². The second-order valence-electron chi connectivity index (χ2n) is 5.71. The third kappa shape index (κ3) is 5.81. The van der Waals surface area contributed by atoms with E-state index in [-0.39, 0.29) is 22.9 Å². The SMILES string of the molecule is Cc1csc(C(=O)O)c1S(=O)(=O)NCCNC(=O)OC(C)(C)C. The number of hydrogen-bond donors (Lipinski definition) is 3. The lowest BCUT2D eigenvalue weighted by atomic mass is 10.2. The summed E-state index contributed by atoms with van der Waals surface area (Å²) in [6, 6.07) is 0. The van der Waals surface area contributed by atoms with Crippen molar-refractivity contribution in [3.63, 3.8) is 0 Å². The molecule has 0 spiro atoms. The molecule has 1 rings (SSSR count). The van der Waals surface area contributed by atoms with Gasteiger partial charge < -0.3 is 15.2 Å². The van der Waals surface area contributed by atoms with Crippen LogP contribution < -0.4 is 10.0 Å². The van der Waals surface area contributed by atoms with Gasteiger partial charge in [-0.05, 0) is 38.6 Å². The Kier molecular flexibility index (Phi) is 6.14. The van der Waals surface area contributed by atoms with Crippen molar-refractivity contribution in [2.24, 2.45) is 0 Å². The number of carboxylic acids is 1. The van der Waals surface area contributed by atoms with Gasteiger partial charge in [-0.15, -0.1) is 11.3 Å². The van der Waals surface area contributed by atoms with Crippen LogP contribution in [0.15, 0.2) is 10.3 Å². The molecule has 0 saturated carbocycles. The summed E-state index contributed by atoms with van der Waals surface area (Å²) in [5.41, 5.74) is -0.284. The summed E-state index contributed by atoms with van der Waals surface area (Å²) in [4.78, 5) is 22.0. The van der Waals surface area contributed by atoms with Gasteiger partial charge in [0.1, 0.15) is 15.4 Å². The van der Waals surface area contributed by atoms with Crippen LogP contribution in [0.2, 0.25) is 0 Å². The molecule has 10 heteroatoms. The van der Waals surface area contributed by atoms with Gasteiger partial charge in [-0.2, -0.15) is 0 Å². The summed E-state index contributed by atoms with van der Waals surface area (Å²) in [5.74, 6) is -1.30. The van der Waals surface area contributed by atoms with Crippen molar-refractivity contribution in [3.8, 4) is 0 Å². The minimum absolute atomic E-state index is 0.0136. The smallest absolute Gasteiger partial charge is 0.407 e. The van der Waals surface area contributed by atoms with Crippen LogP contribution in [0, 0.1) is 6.92 Å². The Bertz CT molecular complexity index is 688. The number of amides is 1. The number of aryl methyl sites for hydroxylation is 1. The molecule has 1 heterocycles. The first-order chi connectivity index (χ1) is 10.4. The zero-order chi connectivity index (χ0) is 17.8. The van der Waals surface area contributed by atoms with E-state index in [0.29, 0.717) is 5.56 Å². The fourth-order valence-corrected chi connectivity index (χ4v) is 4.31. The minimum Gasteiger partial charge on any atom is -0.477 e. The predicted molar refractivity (Wildman–Crippen MR) is 85.4 cm³/mol. The van der Waals surface area contributed by atoms with Gasteiger partial charge in [0.25, 0.3) is 0 Å². The molecule has 0 unspecified atom stereocenters. The van der Waals surface area contributed by atoms with Crippen molar-refractivity contribution >= 4 is 33.4 Å². The fraction of sp³-hybridized carbons (Fsp3) is 0.538. The summed E-state index contributed by atoms with van der Waals surface area (Å²) in [6.45, 7) is 6.58. The molecular weight excluding hydrogens is 344 g/mol. The van der Waals surface area contributed by atoms with Gasteiger partial charge >= 0.3 is 12.1 Å². The largest absolute Gasteiger partial charge is 0.477 e. The highest BCUT2D eigenvalue weighted by atomic mass is 32.2. The van der Waals surface area contributed by atoms with E-state index < -0.39 is 27.7 Å². The molecule has 8 nitrogen and oxygen atoms in total. The van der Waals surface area contributed by atoms with Crippen molar-refractivity contribution in [2.45, 2.75) is 38.2 Å². The van der Waals surface area contributed by atoms with Crippen LogP contribution in [0.5, 0.6) is 0 Å². The van der Waals surface area contributed by atoms with Crippen molar-refractivity contribution in [3.05, 3.63) is 15.8 Å². The van der Waals surface area contributed by atoms with Crippen LogP contribution in [-0.2, 0) is 14.8 Å². The molecule has 0 bridgehead atoms. The van der Waals surface area contributed by atoms with Gasteiger partial charge in [-0.25, -0.2) is 22.7 Å². The molecule has 0 atom stereocenters. The average Bonchev–Trinajstić information content (AvgIpc) is 2.75. The molecule has 0 fully saturated rings. The Morgan fingerprint density at radius 1 is 1.30 bits per heavy atom. The zero-order valence-corrected chi connectivity index (χ0v) is 14.9. The topological polar surface area (TPSA) is 122 Å². The van der Waals surface area contributed by atoms with Crippen LogP contribution in [0.1, 0.15) is 36.0 Å². The predicted octanol–water partition coefficient (Wildman–Crippen LogP) is 1.56. The molecule has 1 aromatic heterocycles. The summed E-state index contributed by atoms with van der Waals surface area (Å²) >= 11 is 0.853. The Morgan fingerprint density at radius 3 is 2.43 bits per heavy atom. The minimum atomic E-state index is -3.97. The van der Waals surface area contributed by atoms with Gasteiger partial charge in [0.2, 0.25) is 10.0 Å². The van der Waals surface area contributed by atoms with E-state index in [2.05, 4.69) is 10.0 Å². The molecule has 0 aliphatic carbocycles. The molecule has 0 aliphatic heterocycles. The number of thiophene rings is 1. The number of carboxylic acid groups (broad SMARTS) is 1. The number of nitrogens with one attached hydrogen (secondary N) is 2. The van der Waals surface area contributed by atoms with Gasteiger partial charge in [0.15, 0.2) is 0 Å². The number of aromatic carboxylic acids is 1. The molecule has 0 aliphatic rings. The highest BCUT2D eigenvalue weighted by Crippen LogP contribution is 2.26. The lowest BCUT2D eigenvalue weighted by Crippen LogP contribution is -2.38. The van der Waals surface area contributed by atoms with E-state index in [1.165, 1.54) is 12.3 Å². The van der Waals surface area contributed by atoms with Crippen LogP contribution in [0.3, 0.4) is 0 Å². The monoisotopic (exact) mass is 364 g/mol. The van der Waals surface area contributed by atoms with Crippen molar-refractivity contribution in [1.29, 1.82) is 0 Å². The van der Waals surface area contributed by atoms with Gasteiger partial charge in [0.05, 0.1) is 0 Å². The quantitative estimate of drug-likeness (QED) is 0.659. The molecule has 0 radical (unpaired) electrons. The van der Waals surface area contributed by atoms with Crippen LogP contribution >= 0.6 is 11.3 Å². The first-order valence-corrected chi connectivity index (χ1v) is 9.08. The molecule has 3 N–H and O–H groups in total. The maximum absolute atomic E-state index is 12.2. The number of carbonyl (C=O) groups is 2. The Labute approximate surface area is 138 Å². The van der Waals surface area contributed by atoms with Gasteiger partial charge in [-0.1, -0.05) is 0 Å². The summed E-state index contributed by atoms with van der Waals surface area (Å²) in [6.07, 6.45) is -0.658. The Morgan fingerprint density at radius 2 is 1.91 bits per heavy atom. The van der Waals surface area contributed by atoms with E-state index in [0.717, 1.165) is 11.3 Å². The standard InChI is InChI=1S/C13H20N2O6S2/c1-8-7-22-9(11(16)17)10(8)23(19,20)15-6-5-14-12(18)21-13(2,3)4/h7,15H,5-6H2,1-4H3,(H,14,18)(H,16,17). The van der Waals surface area contributed by atoms with E-state index >= 15 is 0 Å². The molecule has 0 saturated heterocycles. The van der Waals surface area contributed by atoms with E-state index in [9.17, 15) is 18.0 Å². The Hall–Kier alpha value is -1.65. The maximum atomic E-state index is 12.2. The summed E-state index contributed by atoms with van der Waals surface area (Å²) < 4.78 is 31.7. The van der Waals surface area contributed by atoms with Crippen molar-refractivity contribution in [1.82, 2.24) is 10.0 Å².